The molecule has 0 atom stereocenters. The zero-order valence-electron chi connectivity index (χ0n) is 14.7. The average molecular weight is 349 g/mol. The topological polar surface area (TPSA) is 64.6 Å². The van der Waals surface area contributed by atoms with Crippen molar-refractivity contribution in [2.24, 2.45) is 0 Å². The van der Waals surface area contributed by atoms with Crippen molar-refractivity contribution in [1.29, 1.82) is 0 Å². The maximum Gasteiger partial charge on any atom is 0.348 e. The number of anilines is 1. The summed E-state index contributed by atoms with van der Waals surface area (Å²) in [6, 6.07) is 15.4. The molecule has 5 nitrogen and oxygen atoms in total. The fourth-order valence-electron chi connectivity index (χ4n) is 3.15. The van der Waals surface area contributed by atoms with Gasteiger partial charge in [0.1, 0.15) is 11.0 Å². The van der Waals surface area contributed by atoms with Crippen LogP contribution in [0.25, 0.3) is 33.1 Å². The molecule has 4 rings (SSSR count). The van der Waals surface area contributed by atoms with Gasteiger partial charge in [-0.1, -0.05) is 42.0 Å². The highest BCUT2D eigenvalue weighted by Crippen LogP contribution is 2.39. The summed E-state index contributed by atoms with van der Waals surface area (Å²) in [5.74, 6) is 0.546. The predicted molar refractivity (Wildman–Crippen MR) is 103 cm³/mol. The average Bonchev–Trinajstić information content (AvgIpc) is 3.04. The predicted octanol–water partition coefficient (Wildman–Crippen LogP) is 4.57. The van der Waals surface area contributed by atoms with E-state index in [1.807, 2.05) is 49.4 Å². The maximum atomic E-state index is 12.7. The van der Waals surface area contributed by atoms with Crippen LogP contribution in [0, 0.1) is 6.92 Å². The van der Waals surface area contributed by atoms with Crippen molar-refractivity contribution in [2.75, 3.05) is 25.6 Å². The van der Waals surface area contributed by atoms with Gasteiger partial charge >= 0.3 is 5.63 Å². The number of benzene rings is 2. The Bertz CT molecular complexity index is 1130. The van der Waals surface area contributed by atoms with Crippen LogP contribution in [0.5, 0.6) is 0 Å². The van der Waals surface area contributed by atoms with Crippen molar-refractivity contribution >= 4 is 27.8 Å². The zero-order chi connectivity index (χ0) is 18.1. The first-order valence-electron chi connectivity index (χ1n) is 8.47. The van der Waals surface area contributed by atoms with Crippen molar-refractivity contribution < 1.29 is 13.6 Å². The van der Waals surface area contributed by atoms with E-state index in [4.69, 9.17) is 13.6 Å². The van der Waals surface area contributed by atoms with E-state index in [1.54, 1.807) is 13.2 Å². The first kappa shape index (κ1) is 16.4. The molecule has 0 aliphatic heterocycles. The van der Waals surface area contributed by atoms with Crippen molar-refractivity contribution in [3.63, 3.8) is 0 Å². The molecule has 0 saturated heterocycles. The molecule has 2 heterocycles. The van der Waals surface area contributed by atoms with Gasteiger partial charge in [-0.2, -0.15) is 0 Å². The maximum absolute atomic E-state index is 12.7. The van der Waals surface area contributed by atoms with E-state index in [-0.39, 0.29) is 0 Å². The normalized spacial score (nSPS) is 11.3. The summed E-state index contributed by atoms with van der Waals surface area (Å²) in [6.07, 6.45) is 0. The monoisotopic (exact) mass is 349 g/mol. The third kappa shape index (κ3) is 2.76. The van der Waals surface area contributed by atoms with E-state index in [1.165, 1.54) is 0 Å². The van der Waals surface area contributed by atoms with Gasteiger partial charge in [0.2, 0.25) is 5.88 Å². The molecule has 5 heteroatoms. The lowest BCUT2D eigenvalue weighted by Gasteiger charge is -2.05. The number of ether oxygens (including phenoxy) is 1. The van der Waals surface area contributed by atoms with Gasteiger partial charge in [-0.05, 0) is 24.6 Å². The molecule has 0 fully saturated rings. The van der Waals surface area contributed by atoms with Crippen LogP contribution in [0.15, 0.2) is 62.2 Å². The van der Waals surface area contributed by atoms with Crippen LogP contribution in [0.1, 0.15) is 5.56 Å². The summed E-state index contributed by atoms with van der Waals surface area (Å²) in [5.41, 5.74) is 3.33. The Kier molecular flexibility index (Phi) is 4.22. The lowest BCUT2D eigenvalue weighted by molar-refractivity contribution is 0.210. The number of nitrogens with one attached hydrogen (secondary N) is 1. The van der Waals surface area contributed by atoms with Crippen molar-refractivity contribution in [1.82, 2.24) is 0 Å². The number of fused-ring (bicyclic) bond motifs is 3. The van der Waals surface area contributed by atoms with Gasteiger partial charge in [0.25, 0.3) is 0 Å². The molecule has 1 N–H and O–H groups in total. The van der Waals surface area contributed by atoms with E-state index >= 15 is 0 Å². The molecule has 2 aromatic carbocycles. The molecule has 0 aliphatic rings. The minimum atomic E-state index is -0.404. The Balaban J connectivity index is 2.05. The highest BCUT2D eigenvalue weighted by atomic mass is 16.5. The number of hydrogen-bond donors (Lipinski definition) is 1. The van der Waals surface area contributed by atoms with Crippen LogP contribution >= 0.6 is 0 Å². The lowest BCUT2D eigenvalue weighted by atomic mass is 10.0. The summed E-state index contributed by atoms with van der Waals surface area (Å²) >= 11 is 0. The summed E-state index contributed by atoms with van der Waals surface area (Å²) < 4.78 is 16.8. The molecule has 0 radical (unpaired) electrons. The molecule has 0 unspecified atom stereocenters. The molecule has 26 heavy (non-hydrogen) atoms. The quantitative estimate of drug-likeness (QED) is 0.422. The fourth-order valence-corrected chi connectivity index (χ4v) is 3.15. The number of aryl methyl sites for hydroxylation is 1. The minimum absolute atomic E-state index is 0.404. The molecule has 0 aliphatic carbocycles. The second-order valence-corrected chi connectivity index (χ2v) is 6.19. The molecule has 0 spiro atoms. The van der Waals surface area contributed by atoms with Gasteiger partial charge < -0.3 is 18.9 Å². The molecule has 132 valence electrons. The number of hydrogen-bond acceptors (Lipinski definition) is 5. The SMILES string of the molecule is COCCNc1oc2c(c1-c1ccccc1)c(=O)oc1ccc(C)cc12. The van der Waals surface area contributed by atoms with Crippen LogP contribution in [0.4, 0.5) is 5.88 Å². The fraction of sp³-hybridized carbons (Fsp3) is 0.190. The molecule has 0 amide bonds. The molecule has 4 aromatic rings. The Labute approximate surface area is 150 Å². The van der Waals surface area contributed by atoms with Crippen molar-refractivity contribution in [3.05, 3.63) is 64.5 Å². The molecular formula is C21H19NO4. The Morgan fingerprint density at radius 2 is 1.88 bits per heavy atom. The van der Waals surface area contributed by atoms with Crippen LogP contribution in [0.2, 0.25) is 0 Å². The Morgan fingerprint density at radius 3 is 2.65 bits per heavy atom. The summed E-state index contributed by atoms with van der Waals surface area (Å²) in [7, 11) is 1.64. The Morgan fingerprint density at radius 1 is 1.08 bits per heavy atom. The van der Waals surface area contributed by atoms with E-state index < -0.39 is 5.63 Å². The highest BCUT2D eigenvalue weighted by molar-refractivity contribution is 6.09. The molecule has 0 bridgehead atoms. The van der Waals surface area contributed by atoms with Crippen LogP contribution in [-0.2, 0) is 4.74 Å². The second kappa shape index (κ2) is 6.69. The van der Waals surface area contributed by atoms with Crippen LogP contribution in [0.3, 0.4) is 0 Å². The van der Waals surface area contributed by atoms with E-state index in [0.717, 1.165) is 16.5 Å². The number of rotatable bonds is 5. The minimum Gasteiger partial charge on any atom is -0.439 e. The van der Waals surface area contributed by atoms with Crippen LogP contribution in [-0.4, -0.2) is 20.3 Å². The van der Waals surface area contributed by atoms with Crippen molar-refractivity contribution in [2.45, 2.75) is 6.92 Å². The molecule has 0 saturated carbocycles. The van der Waals surface area contributed by atoms with Gasteiger partial charge in [-0.15, -0.1) is 0 Å². The number of furan rings is 1. The smallest absolute Gasteiger partial charge is 0.348 e. The summed E-state index contributed by atoms with van der Waals surface area (Å²) in [4.78, 5) is 12.7. The van der Waals surface area contributed by atoms with Gasteiger partial charge in [-0.25, -0.2) is 4.79 Å². The van der Waals surface area contributed by atoms with Crippen LogP contribution < -0.4 is 10.9 Å². The van der Waals surface area contributed by atoms with E-state index in [9.17, 15) is 4.79 Å². The number of methoxy groups -OCH3 is 1. The summed E-state index contributed by atoms with van der Waals surface area (Å²) in [5, 5.41) is 4.48. The standard InChI is InChI=1S/C21H19NO4/c1-13-8-9-16-15(12-13)19-18(21(23)25-16)17(14-6-4-3-5-7-14)20(26-19)22-10-11-24-2/h3-9,12,22H,10-11H2,1-2H3. The lowest BCUT2D eigenvalue weighted by Crippen LogP contribution is -2.07. The third-order valence-electron chi connectivity index (χ3n) is 4.35. The Hall–Kier alpha value is -3.05. The first-order chi connectivity index (χ1) is 12.7. The molecule has 2 aromatic heterocycles. The second-order valence-electron chi connectivity index (χ2n) is 6.19. The van der Waals surface area contributed by atoms with Gasteiger partial charge in [-0.3, -0.25) is 0 Å². The van der Waals surface area contributed by atoms with Gasteiger partial charge in [0, 0.05) is 13.7 Å². The zero-order valence-corrected chi connectivity index (χ0v) is 14.7. The third-order valence-corrected chi connectivity index (χ3v) is 4.35. The van der Waals surface area contributed by atoms with Crippen molar-refractivity contribution in [3.8, 4) is 11.1 Å². The first-order valence-corrected chi connectivity index (χ1v) is 8.47. The largest absolute Gasteiger partial charge is 0.439 e. The van der Waals surface area contributed by atoms with Gasteiger partial charge in [0.05, 0.1) is 17.6 Å². The van der Waals surface area contributed by atoms with E-state index in [2.05, 4.69) is 5.32 Å². The van der Waals surface area contributed by atoms with E-state index in [0.29, 0.717) is 41.2 Å². The summed E-state index contributed by atoms with van der Waals surface area (Å²) in [6.45, 7) is 3.09. The molecular weight excluding hydrogens is 330 g/mol. The highest BCUT2D eigenvalue weighted by Gasteiger charge is 2.22. The van der Waals surface area contributed by atoms with Gasteiger partial charge in [0.15, 0.2) is 5.58 Å².